The maximum absolute atomic E-state index is 12.6. The Hall–Kier alpha value is -3.39. The van der Waals surface area contributed by atoms with E-state index in [0.717, 1.165) is 68.0 Å². The van der Waals surface area contributed by atoms with E-state index in [0.29, 0.717) is 29.8 Å². The number of pyridine rings is 1. The first-order valence-corrected chi connectivity index (χ1v) is 14.1. The molecule has 3 atom stereocenters. The minimum absolute atomic E-state index is 0.168. The van der Waals surface area contributed by atoms with Crippen LogP contribution in [0.3, 0.4) is 0 Å². The highest BCUT2D eigenvalue weighted by atomic mass is 16.4. The number of likely N-dealkylation sites (tertiary alicyclic amines) is 1. The van der Waals surface area contributed by atoms with Crippen LogP contribution in [-0.2, 0) is 6.54 Å². The number of aromatic nitrogens is 4. The molecule has 0 bridgehead atoms. The molecule has 0 aliphatic carbocycles. The second-order valence-electron chi connectivity index (χ2n) is 10.9. The summed E-state index contributed by atoms with van der Waals surface area (Å²) >= 11 is 0. The Morgan fingerprint density at radius 3 is 2.74 bits per heavy atom. The van der Waals surface area contributed by atoms with Gasteiger partial charge >= 0.3 is 6.09 Å². The zero-order valence-electron chi connectivity index (χ0n) is 22.8. The molecule has 1 fully saturated rings. The number of fused-ring (bicyclic) bond motifs is 3. The third-order valence-electron chi connectivity index (χ3n) is 8.30. The first-order chi connectivity index (χ1) is 18.5. The molecule has 0 spiro atoms. The van der Waals surface area contributed by atoms with E-state index in [1.54, 1.807) is 12.4 Å². The van der Waals surface area contributed by atoms with Crippen molar-refractivity contribution >= 4 is 33.8 Å². The monoisotopic (exact) mass is 516 g/mol. The molecule has 4 heterocycles. The van der Waals surface area contributed by atoms with Gasteiger partial charge in [0.15, 0.2) is 5.65 Å². The number of amides is 1. The van der Waals surface area contributed by atoms with E-state index < -0.39 is 6.09 Å². The molecule has 1 amide bonds. The average molecular weight is 517 g/mol. The minimum Gasteiger partial charge on any atom is -0.465 e. The van der Waals surface area contributed by atoms with Gasteiger partial charge in [0.2, 0.25) is 0 Å². The first kappa shape index (κ1) is 26.2. The molecule has 8 heteroatoms. The van der Waals surface area contributed by atoms with Crippen LogP contribution in [0.4, 0.5) is 10.6 Å². The van der Waals surface area contributed by atoms with Crippen molar-refractivity contribution in [1.82, 2.24) is 24.6 Å². The lowest BCUT2D eigenvalue weighted by Gasteiger charge is -2.38. The standard InChI is InChI=1S/C30H40N6O2/c1-4-6-10-22(5-2)19-35(30(37)38)29-25-17-32-28-24(13-15-31-28)27(25)36(33-29)26-20-34(16-14-21(26)3)18-23-11-8-7-9-12-23/h7-9,11-13,15,17,21-22,26,33H,4-6,10,14,16,18-20H2,1-3H3,(H,37,38)/t21-,22+,26-/m1/s1. The predicted molar refractivity (Wildman–Crippen MR) is 153 cm³/mol. The van der Waals surface area contributed by atoms with Crippen molar-refractivity contribution in [2.45, 2.75) is 65.5 Å². The zero-order chi connectivity index (χ0) is 26.6. The number of H-pyrrole nitrogens is 1. The highest BCUT2D eigenvalue weighted by Gasteiger charge is 2.32. The fourth-order valence-corrected chi connectivity index (χ4v) is 5.94. The van der Waals surface area contributed by atoms with E-state index >= 15 is 0 Å². The summed E-state index contributed by atoms with van der Waals surface area (Å²) in [6.07, 6.45) is 7.92. The van der Waals surface area contributed by atoms with Gasteiger partial charge in [0.25, 0.3) is 0 Å². The lowest BCUT2D eigenvalue weighted by atomic mass is 9.93. The Morgan fingerprint density at radius 1 is 1.18 bits per heavy atom. The molecule has 3 aromatic heterocycles. The molecule has 5 rings (SSSR count). The number of rotatable bonds is 10. The van der Waals surface area contributed by atoms with E-state index in [1.807, 2.05) is 6.07 Å². The van der Waals surface area contributed by atoms with Crippen LogP contribution in [0.5, 0.6) is 0 Å². The number of nitrogens with zero attached hydrogens (tertiary/aromatic N) is 5. The van der Waals surface area contributed by atoms with Gasteiger partial charge in [0, 0.05) is 37.4 Å². The molecule has 1 aliphatic rings. The van der Waals surface area contributed by atoms with Crippen LogP contribution in [-0.4, -0.2) is 55.5 Å². The number of benzene rings is 1. The molecule has 4 aromatic rings. The smallest absolute Gasteiger partial charge is 0.413 e. The highest BCUT2D eigenvalue weighted by Crippen LogP contribution is 2.37. The van der Waals surface area contributed by atoms with Crippen LogP contribution >= 0.6 is 0 Å². The van der Waals surface area contributed by atoms with Gasteiger partial charge in [0.1, 0.15) is 5.82 Å². The van der Waals surface area contributed by atoms with Crippen molar-refractivity contribution in [3.8, 4) is 0 Å². The molecular weight excluding hydrogens is 476 g/mol. The van der Waals surface area contributed by atoms with Crippen molar-refractivity contribution in [1.29, 1.82) is 0 Å². The van der Waals surface area contributed by atoms with Gasteiger partial charge in [-0.25, -0.2) is 14.8 Å². The topological polar surface area (TPSA) is 90.3 Å². The SMILES string of the molecule is CCCC[C@H](CC)CN(C(=O)O)c1[nH]n([C@@H]2CN(Cc3ccccc3)CC[C@H]2C)c2c1cnc1nccc12. The van der Waals surface area contributed by atoms with E-state index in [1.165, 1.54) is 10.5 Å². The second kappa shape index (κ2) is 11.6. The van der Waals surface area contributed by atoms with Crippen LogP contribution in [0.25, 0.3) is 21.9 Å². The van der Waals surface area contributed by atoms with Crippen LogP contribution < -0.4 is 4.90 Å². The van der Waals surface area contributed by atoms with E-state index in [4.69, 9.17) is 0 Å². The van der Waals surface area contributed by atoms with Gasteiger partial charge in [-0.1, -0.05) is 70.4 Å². The minimum atomic E-state index is -0.932. The summed E-state index contributed by atoms with van der Waals surface area (Å²) in [6.45, 7) is 9.94. The van der Waals surface area contributed by atoms with E-state index in [9.17, 15) is 9.90 Å². The fraction of sp³-hybridized carbons (Fsp3) is 0.500. The van der Waals surface area contributed by atoms with Gasteiger partial charge in [0.05, 0.1) is 16.9 Å². The number of unbranched alkanes of at least 4 members (excludes halogenated alkanes) is 1. The summed E-state index contributed by atoms with van der Waals surface area (Å²) in [5.74, 6) is 1.36. The molecule has 8 nitrogen and oxygen atoms in total. The van der Waals surface area contributed by atoms with Gasteiger partial charge in [-0.3, -0.25) is 19.6 Å². The molecule has 38 heavy (non-hydrogen) atoms. The zero-order valence-corrected chi connectivity index (χ0v) is 22.8. The van der Waals surface area contributed by atoms with Crippen LogP contribution in [0.1, 0.15) is 64.5 Å². The van der Waals surface area contributed by atoms with Gasteiger partial charge < -0.3 is 5.11 Å². The number of carbonyl (C=O) groups is 1. The maximum Gasteiger partial charge on any atom is 0.413 e. The first-order valence-electron chi connectivity index (χ1n) is 14.1. The second-order valence-corrected chi connectivity index (χ2v) is 10.9. The lowest BCUT2D eigenvalue weighted by Crippen LogP contribution is -2.41. The van der Waals surface area contributed by atoms with Gasteiger partial charge in [-0.05, 0) is 42.9 Å². The van der Waals surface area contributed by atoms with Crippen molar-refractivity contribution in [2.75, 3.05) is 24.5 Å². The summed E-state index contributed by atoms with van der Waals surface area (Å²) in [5, 5.41) is 15.8. The summed E-state index contributed by atoms with van der Waals surface area (Å²) in [7, 11) is 0. The van der Waals surface area contributed by atoms with Crippen LogP contribution in [0.2, 0.25) is 0 Å². The Bertz CT molecular complexity index is 1360. The third kappa shape index (κ3) is 5.27. The van der Waals surface area contributed by atoms with E-state index in [-0.39, 0.29) is 6.04 Å². The maximum atomic E-state index is 12.6. The molecular formula is C30H40N6O2. The summed E-state index contributed by atoms with van der Waals surface area (Å²) in [4.78, 5) is 25.7. The third-order valence-corrected chi connectivity index (χ3v) is 8.30. The van der Waals surface area contributed by atoms with E-state index in [2.05, 4.69) is 75.8 Å². The van der Waals surface area contributed by atoms with Crippen LogP contribution in [0, 0.1) is 11.8 Å². The normalized spacial score (nSPS) is 19.2. The number of hydrogen-bond acceptors (Lipinski definition) is 4. The average Bonchev–Trinajstić information content (AvgIpc) is 3.55. The molecule has 1 aliphatic heterocycles. The quantitative estimate of drug-likeness (QED) is 0.245. The fourth-order valence-electron chi connectivity index (χ4n) is 5.94. The highest BCUT2D eigenvalue weighted by molar-refractivity contribution is 6.09. The predicted octanol–water partition coefficient (Wildman–Crippen LogP) is 6.70. The number of nitrogens with one attached hydrogen (secondary N) is 1. The number of aromatic amines is 1. The lowest BCUT2D eigenvalue weighted by molar-refractivity contribution is 0.122. The number of hydrogen-bond donors (Lipinski definition) is 2. The van der Waals surface area contributed by atoms with Gasteiger partial charge in [-0.15, -0.1) is 0 Å². The molecule has 1 saturated heterocycles. The van der Waals surface area contributed by atoms with Gasteiger partial charge in [-0.2, -0.15) is 0 Å². The molecule has 202 valence electrons. The number of carboxylic acid groups (broad SMARTS) is 1. The Labute approximate surface area is 224 Å². The molecule has 0 unspecified atom stereocenters. The van der Waals surface area contributed by atoms with Crippen molar-refractivity contribution in [2.24, 2.45) is 11.8 Å². The molecule has 2 N–H and O–H groups in total. The Morgan fingerprint density at radius 2 is 2.00 bits per heavy atom. The van der Waals surface area contributed by atoms with Crippen molar-refractivity contribution in [3.05, 3.63) is 54.4 Å². The summed E-state index contributed by atoms with van der Waals surface area (Å²) in [6, 6.07) is 12.8. The van der Waals surface area contributed by atoms with Crippen molar-refractivity contribution in [3.63, 3.8) is 0 Å². The number of piperidine rings is 1. The number of anilines is 1. The Balaban J connectivity index is 1.56. The molecule has 1 aromatic carbocycles. The van der Waals surface area contributed by atoms with Crippen LogP contribution in [0.15, 0.2) is 48.8 Å². The largest absolute Gasteiger partial charge is 0.465 e. The summed E-state index contributed by atoms with van der Waals surface area (Å²) < 4.78 is 2.22. The van der Waals surface area contributed by atoms with Crippen molar-refractivity contribution < 1.29 is 9.90 Å². The Kier molecular flexibility index (Phi) is 7.98. The molecule has 0 radical (unpaired) electrons. The summed E-state index contributed by atoms with van der Waals surface area (Å²) in [5.41, 5.74) is 3.00. The molecule has 0 saturated carbocycles.